The summed E-state index contributed by atoms with van der Waals surface area (Å²) in [4.78, 5) is 12.9. The van der Waals surface area contributed by atoms with Gasteiger partial charge in [-0.2, -0.15) is 0 Å². The molecule has 1 rings (SSSR count). The first kappa shape index (κ1) is 11.1. The van der Waals surface area contributed by atoms with Gasteiger partial charge < -0.3 is 15.3 Å². The van der Waals surface area contributed by atoms with E-state index >= 15 is 0 Å². The van der Waals surface area contributed by atoms with Gasteiger partial charge >= 0.3 is 0 Å². The molecule has 2 N–H and O–H groups in total. The lowest BCUT2D eigenvalue weighted by Crippen LogP contribution is -2.52. The summed E-state index contributed by atoms with van der Waals surface area (Å²) in [6.45, 7) is 3.83. The van der Waals surface area contributed by atoms with Gasteiger partial charge in [0.1, 0.15) is 0 Å². The van der Waals surface area contributed by atoms with Crippen LogP contribution < -0.4 is 5.32 Å². The van der Waals surface area contributed by atoms with Crippen LogP contribution in [0.25, 0.3) is 0 Å². The Morgan fingerprint density at radius 2 is 2.36 bits per heavy atom. The molecule has 1 heterocycles. The molecule has 0 radical (unpaired) electrons. The predicted octanol–water partition coefficient (Wildman–Crippen LogP) is 0.739. The number of aliphatic hydroxyl groups excluding tert-OH is 1. The standard InChI is InChI=1S/C9H13ClN2O2/c1-6(2)12-5-7(3-4-10)8(13)11-9(12)14/h3-6,9,14H,1-2H3,(H,11,13)/b4-3+. The van der Waals surface area contributed by atoms with Crippen LogP contribution in [0.4, 0.5) is 0 Å². The monoisotopic (exact) mass is 216 g/mol. The Bertz CT molecular complexity index is 287. The maximum Gasteiger partial charge on any atom is 0.256 e. The minimum atomic E-state index is -0.963. The zero-order chi connectivity index (χ0) is 10.7. The van der Waals surface area contributed by atoms with E-state index in [-0.39, 0.29) is 11.9 Å². The van der Waals surface area contributed by atoms with Crippen molar-refractivity contribution in [2.75, 3.05) is 0 Å². The molecule has 0 aromatic carbocycles. The lowest BCUT2D eigenvalue weighted by Gasteiger charge is -2.34. The SMILES string of the molecule is CC(C)N1C=C(/C=C/Cl)C(=O)NC1O. The molecule has 0 aromatic rings. The van der Waals surface area contributed by atoms with Crippen LogP contribution in [0.5, 0.6) is 0 Å². The van der Waals surface area contributed by atoms with Crippen LogP contribution in [-0.4, -0.2) is 28.3 Å². The molecule has 14 heavy (non-hydrogen) atoms. The van der Waals surface area contributed by atoms with Gasteiger partial charge in [0.25, 0.3) is 5.91 Å². The summed E-state index contributed by atoms with van der Waals surface area (Å²) in [5.74, 6) is -0.327. The summed E-state index contributed by atoms with van der Waals surface area (Å²) in [6, 6.07) is 0.101. The molecular formula is C9H13ClN2O2. The third-order valence-corrected chi connectivity index (χ3v) is 2.06. The first-order valence-corrected chi connectivity index (χ1v) is 4.75. The van der Waals surface area contributed by atoms with E-state index in [0.29, 0.717) is 5.57 Å². The summed E-state index contributed by atoms with van der Waals surface area (Å²) in [5.41, 5.74) is 1.70. The third-order valence-electron chi connectivity index (χ3n) is 1.93. The molecule has 1 amide bonds. The maximum absolute atomic E-state index is 11.3. The minimum Gasteiger partial charge on any atom is -0.356 e. The number of carbonyl (C=O) groups is 1. The van der Waals surface area contributed by atoms with Crippen molar-refractivity contribution in [2.45, 2.75) is 26.2 Å². The van der Waals surface area contributed by atoms with Crippen LogP contribution in [0.3, 0.4) is 0 Å². The molecule has 0 saturated heterocycles. The molecule has 0 aliphatic carbocycles. The van der Waals surface area contributed by atoms with Gasteiger partial charge in [0.15, 0.2) is 0 Å². The largest absolute Gasteiger partial charge is 0.356 e. The Labute approximate surface area is 87.8 Å². The van der Waals surface area contributed by atoms with E-state index in [1.807, 2.05) is 13.8 Å². The first-order chi connectivity index (χ1) is 6.56. The van der Waals surface area contributed by atoms with Crippen molar-refractivity contribution >= 4 is 17.5 Å². The number of rotatable bonds is 2. The lowest BCUT2D eigenvalue weighted by atomic mass is 10.2. The smallest absolute Gasteiger partial charge is 0.256 e. The molecule has 5 heteroatoms. The molecule has 1 aliphatic rings. The number of aliphatic hydroxyl groups is 1. The molecule has 0 aromatic heterocycles. The highest BCUT2D eigenvalue weighted by Gasteiger charge is 2.24. The fraction of sp³-hybridized carbons (Fsp3) is 0.444. The predicted molar refractivity (Wildman–Crippen MR) is 54.2 cm³/mol. The minimum absolute atomic E-state index is 0.101. The number of nitrogens with zero attached hydrogens (tertiary/aromatic N) is 1. The van der Waals surface area contributed by atoms with Gasteiger partial charge in [-0.3, -0.25) is 4.79 Å². The Kier molecular flexibility index (Phi) is 3.55. The molecule has 1 atom stereocenters. The molecule has 1 aliphatic heterocycles. The summed E-state index contributed by atoms with van der Waals surface area (Å²) in [5, 5.41) is 11.9. The number of nitrogens with one attached hydrogen (secondary N) is 1. The van der Waals surface area contributed by atoms with Crippen LogP contribution in [0.1, 0.15) is 13.8 Å². The van der Waals surface area contributed by atoms with E-state index in [9.17, 15) is 9.90 Å². The Morgan fingerprint density at radius 3 is 2.86 bits per heavy atom. The zero-order valence-corrected chi connectivity index (χ0v) is 8.82. The Balaban J connectivity index is 2.93. The second-order valence-corrected chi connectivity index (χ2v) is 3.52. The second-order valence-electron chi connectivity index (χ2n) is 3.27. The van der Waals surface area contributed by atoms with Crippen molar-refractivity contribution in [1.82, 2.24) is 10.2 Å². The highest BCUT2D eigenvalue weighted by Crippen LogP contribution is 2.13. The van der Waals surface area contributed by atoms with Gasteiger partial charge in [-0.15, -0.1) is 0 Å². The Hall–Kier alpha value is -1.00. The van der Waals surface area contributed by atoms with E-state index < -0.39 is 6.35 Å². The van der Waals surface area contributed by atoms with Crippen LogP contribution in [0.15, 0.2) is 23.4 Å². The molecular weight excluding hydrogens is 204 g/mol. The van der Waals surface area contributed by atoms with Gasteiger partial charge in [-0.1, -0.05) is 11.6 Å². The molecule has 0 fully saturated rings. The number of hydrogen-bond acceptors (Lipinski definition) is 3. The summed E-state index contributed by atoms with van der Waals surface area (Å²) >= 11 is 5.38. The van der Waals surface area contributed by atoms with Crippen molar-refractivity contribution in [2.24, 2.45) is 0 Å². The quantitative estimate of drug-likeness (QED) is 0.716. The van der Waals surface area contributed by atoms with Crippen molar-refractivity contribution < 1.29 is 9.90 Å². The normalized spacial score (nSPS) is 22.9. The van der Waals surface area contributed by atoms with Crippen molar-refractivity contribution in [3.05, 3.63) is 23.4 Å². The van der Waals surface area contributed by atoms with Gasteiger partial charge in [0.05, 0.1) is 5.57 Å². The molecule has 4 nitrogen and oxygen atoms in total. The van der Waals surface area contributed by atoms with Gasteiger partial charge in [0.2, 0.25) is 6.35 Å². The van der Waals surface area contributed by atoms with E-state index in [4.69, 9.17) is 11.6 Å². The van der Waals surface area contributed by atoms with E-state index in [1.165, 1.54) is 11.6 Å². The van der Waals surface area contributed by atoms with Crippen molar-refractivity contribution in [3.63, 3.8) is 0 Å². The van der Waals surface area contributed by atoms with Crippen molar-refractivity contribution in [1.29, 1.82) is 0 Å². The van der Waals surface area contributed by atoms with E-state index in [1.54, 1.807) is 11.1 Å². The maximum atomic E-state index is 11.3. The van der Waals surface area contributed by atoms with Crippen molar-refractivity contribution in [3.8, 4) is 0 Å². The molecule has 0 saturated carbocycles. The second kappa shape index (κ2) is 4.48. The molecule has 78 valence electrons. The summed E-state index contributed by atoms with van der Waals surface area (Å²) in [6.07, 6.45) is 2.11. The third kappa shape index (κ3) is 2.27. The highest BCUT2D eigenvalue weighted by atomic mass is 35.5. The highest BCUT2D eigenvalue weighted by molar-refractivity contribution is 6.25. The zero-order valence-electron chi connectivity index (χ0n) is 8.07. The van der Waals surface area contributed by atoms with E-state index in [2.05, 4.69) is 5.32 Å². The summed E-state index contributed by atoms with van der Waals surface area (Å²) < 4.78 is 0. The summed E-state index contributed by atoms with van der Waals surface area (Å²) in [7, 11) is 0. The van der Waals surface area contributed by atoms with Gasteiger partial charge in [0, 0.05) is 17.8 Å². The molecule has 1 unspecified atom stereocenters. The van der Waals surface area contributed by atoms with Crippen LogP contribution in [0.2, 0.25) is 0 Å². The molecule has 0 spiro atoms. The lowest BCUT2D eigenvalue weighted by molar-refractivity contribution is -0.126. The molecule has 0 bridgehead atoms. The van der Waals surface area contributed by atoms with Crippen LogP contribution in [-0.2, 0) is 4.79 Å². The first-order valence-electron chi connectivity index (χ1n) is 4.31. The number of amides is 1. The average molecular weight is 217 g/mol. The fourth-order valence-corrected chi connectivity index (χ4v) is 1.32. The topological polar surface area (TPSA) is 52.6 Å². The van der Waals surface area contributed by atoms with Crippen LogP contribution >= 0.6 is 11.6 Å². The van der Waals surface area contributed by atoms with E-state index in [0.717, 1.165) is 0 Å². The van der Waals surface area contributed by atoms with Gasteiger partial charge in [-0.05, 0) is 19.9 Å². The van der Waals surface area contributed by atoms with Crippen LogP contribution in [0, 0.1) is 0 Å². The number of halogens is 1. The fourth-order valence-electron chi connectivity index (χ4n) is 1.18. The number of hydrogen-bond donors (Lipinski definition) is 2. The average Bonchev–Trinajstić information content (AvgIpc) is 2.09. The van der Waals surface area contributed by atoms with Gasteiger partial charge in [-0.25, -0.2) is 0 Å². The Morgan fingerprint density at radius 1 is 1.71 bits per heavy atom. The number of carbonyl (C=O) groups excluding carboxylic acids is 1.